The summed E-state index contributed by atoms with van der Waals surface area (Å²) < 4.78 is 12.2. The Bertz CT molecular complexity index is 663. The Balaban J connectivity index is 1.63. The summed E-state index contributed by atoms with van der Waals surface area (Å²) in [5.41, 5.74) is 3.57. The van der Waals surface area contributed by atoms with Crippen LogP contribution in [0, 0.1) is 11.3 Å². The molecule has 4 rings (SSSR count). The molecule has 0 spiro atoms. The van der Waals surface area contributed by atoms with Crippen molar-refractivity contribution >= 4 is 16.4 Å². The molecular weight excluding hydrogens is 278 g/mol. The van der Waals surface area contributed by atoms with Crippen molar-refractivity contribution in [3.8, 4) is 6.07 Å². The average molecular weight is 297 g/mol. The molecular formula is C18H19NOS. The van der Waals surface area contributed by atoms with E-state index in [9.17, 15) is 9.47 Å². The first-order valence-corrected chi connectivity index (χ1v) is 9.12. The molecule has 1 aliphatic carbocycles. The first kappa shape index (κ1) is 13.3. The maximum absolute atomic E-state index is 12.2. The monoisotopic (exact) mass is 297 g/mol. The maximum Gasteiger partial charge on any atom is 0.0823 e. The van der Waals surface area contributed by atoms with Gasteiger partial charge in [0, 0.05) is 16.0 Å². The summed E-state index contributed by atoms with van der Waals surface area (Å²) in [5.74, 6) is 0. The first-order valence-electron chi connectivity index (χ1n) is 7.84. The summed E-state index contributed by atoms with van der Waals surface area (Å²) in [6.07, 6.45) is 8.58. The largest absolute Gasteiger partial charge is 0.259 e. The molecule has 2 aliphatic heterocycles. The van der Waals surface area contributed by atoms with Crippen LogP contribution in [0.5, 0.6) is 0 Å². The van der Waals surface area contributed by atoms with Crippen LogP contribution in [0.3, 0.4) is 0 Å². The van der Waals surface area contributed by atoms with Gasteiger partial charge in [-0.25, -0.2) is 0 Å². The second kappa shape index (κ2) is 4.81. The minimum atomic E-state index is -0.660. The van der Waals surface area contributed by atoms with Gasteiger partial charge in [-0.15, -0.1) is 0 Å². The highest BCUT2D eigenvalue weighted by Crippen LogP contribution is 2.47. The van der Waals surface area contributed by atoms with Crippen LogP contribution in [0.15, 0.2) is 30.3 Å². The van der Waals surface area contributed by atoms with Crippen molar-refractivity contribution in [1.29, 1.82) is 5.26 Å². The van der Waals surface area contributed by atoms with Crippen molar-refractivity contribution in [1.82, 2.24) is 0 Å². The molecule has 1 aromatic carbocycles. The lowest BCUT2D eigenvalue weighted by Gasteiger charge is -2.32. The van der Waals surface area contributed by atoms with Gasteiger partial charge in [-0.3, -0.25) is 4.21 Å². The van der Waals surface area contributed by atoms with Crippen LogP contribution < -0.4 is 0 Å². The Morgan fingerprint density at radius 3 is 2.57 bits per heavy atom. The number of nitriles is 1. The second-order valence-corrected chi connectivity index (χ2v) is 8.52. The summed E-state index contributed by atoms with van der Waals surface area (Å²) in [6, 6.07) is 11.0. The van der Waals surface area contributed by atoms with E-state index >= 15 is 0 Å². The van der Waals surface area contributed by atoms with Gasteiger partial charge in [-0.2, -0.15) is 5.26 Å². The van der Waals surface area contributed by atoms with Gasteiger partial charge in [0.05, 0.1) is 16.7 Å². The molecule has 0 N–H and O–H groups in total. The molecule has 1 aromatic rings. The standard InChI is InChI=1S/C18H19NOS/c19-12-18(8-9-18)15-6-4-13(5-7-15)14-10-16-2-1-3-17(11-14)21(16)20/h4-7,10,16-17H,1-3,8-9,11H2. The zero-order valence-corrected chi connectivity index (χ0v) is 12.9. The quantitative estimate of drug-likeness (QED) is 0.835. The van der Waals surface area contributed by atoms with Crippen molar-refractivity contribution in [2.45, 2.75) is 54.4 Å². The van der Waals surface area contributed by atoms with Crippen molar-refractivity contribution in [2.75, 3.05) is 0 Å². The Morgan fingerprint density at radius 2 is 1.95 bits per heavy atom. The van der Waals surface area contributed by atoms with Gasteiger partial charge in [0.1, 0.15) is 0 Å². The van der Waals surface area contributed by atoms with Crippen molar-refractivity contribution < 1.29 is 4.21 Å². The van der Waals surface area contributed by atoms with Crippen LogP contribution >= 0.6 is 0 Å². The predicted octanol–water partition coefficient (Wildman–Crippen LogP) is 3.70. The predicted molar refractivity (Wildman–Crippen MR) is 85.1 cm³/mol. The number of rotatable bonds is 2. The molecule has 2 bridgehead atoms. The minimum Gasteiger partial charge on any atom is -0.259 e. The molecule has 3 unspecified atom stereocenters. The van der Waals surface area contributed by atoms with E-state index < -0.39 is 10.8 Å². The SMILES string of the molecule is N#CC1(c2ccc(C3=CC4CCCC(C3)S4=O)cc2)CC1. The van der Waals surface area contributed by atoms with E-state index in [4.69, 9.17) is 0 Å². The maximum atomic E-state index is 12.2. The average Bonchev–Trinajstić information content (AvgIpc) is 3.28. The van der Waals surface area contributed by atoms with Crippen LogP contribution in [0.2, 0.25) is 0 Å². The van der Waals surface area contributed by atoms with Gasteiger partial charge in [-0.1, -0.05) is 36.8 Å². The summed E-state index contributed by atoms with van der Waals surface area (Å²) in [6.45, 7) is 0. The third-order valence-corrected chi connectivity index (χ3v) is 7.28. The number of hydrogen-bond acceptors (Lipinski definition) is 2. The highest BCUT2D eigenvalue weighted by Gasteiger charge is 2.44. The van der Waals surface area contributed by atoms with Crippen LogP contribution in [0.25, 0.3) is 5.57 Å². The van der Waals surface area contributed by atoms with Gasteiger partial charge in [0.2, 0.25) is 0 Å². The van der Waals surface area contributed by atoms with Crippen LogP contribution in [-0.4, -0.2) is 14.7 Å². The van der Waals surface area contributed by atoms with Crippen LogP contribution in [0.1, 0.15) is 49.7 Å². The fourth-order valence-electron chi connectivity index (χ4n) is 3.71. The van der Waals surface area contributed by atoms with Crippen LogP contribution in [0.4, 0.5) is 0 Å². The Morgan fingerprint density at radius 1 is 1.19 bits per heavy atom. The second-order valence-electron chi connectivity index (χ2n) is 6.59. The lowest BCUT2D eigenvalue weighted by molar-refractivity contribution is 0.579. The number of fused-ring (bicyclic) bond motifs is 2. The smallest absolute Gasteiger partial charge is 0.0823 e. The first-order chi connectivity index (χ1) is 10.2. The molecule has 21 heavy (non-hydrogen) atoms. The summed E-state index contributed by atoms with van der Waals surface area (Å²) in [4.78, 5) is 0. The van der Waals surface area contributed by atoms with Crippen molar-refractivity contribution in [3.05, 3.63) is 41.5 Å². The molecule has 0 aromatic heterocycles. The van der Waals surface area contributed by atoms with Gasteiger partial charge in [-0.05, 0) is 48.8 Å². The van der Waals surface area contributed by atoms with E-state index in [1.54, 1.807) is 0 Å². The zero-order valence-electron chi connectivity index (χ0n) is 12.0. The van der Waals surface area contributed by atoms with Crippen LogP contribution in [-0.2, 0) is 16.2 Å². The van der Waals surface area contributed by atoms with Crippen molar-refractivity contribution in [2.24, 2.45) is 0 Å². The summed E-state index contributed by atoms with van der Waals surface area (Å²) in [5, 5.41) is 9.89. The molecule has 0 amide bonds. The zero-order chi connectivity index (χ0) is 14.4. The molecule has 1 saturated carbocycles. The summed E-state index contributed by atoms with van der Waals surface area (Å²) in [7, 11) is -0.660. The third-order valence-electron chi connectivity index (χ3n) is 5.25. The Hall–Kier alpha value is -1.40. The van der Waals surface area contributed by atoms with E-state index in [2.05, 4.69) is 36.4 Å². The van der Waals surface area contributed by atoms with E-state index in [1.165, 1.54) is 17.6 Å². The molecule has 108 valence electrons. The van der Waals surface area contributed by atoms with E-state index in [0.29, 0.717) is 5.25 Å². The lowest BCUT2D eigenvalue weighted by Crippen LogP contribution is -2.33. The number of allylic oxidation sites excluding steroid dienone is 1. The molecule has 3 atom stereocenters. The molecule has 2 heterocycles. The van der Waals surface area contributed by atoms with Gasteiger partial charge in [0.25, 0.3) is 0 Å². The lowest BCUT2D eigenvalue weighted by atomic mass is 9.91. The van der Waals surface area contributed by atoms with Crippen molar-refractivity contribution in [3.63, 3.8) is 0 Å². The number of nitrogens with zero attached hydrogens (tertiary/aromatic N) is 1. The molecule has 3 aliphatic rings. The number of benzene rings is 1. The van der Waals surface area contributed by atoms with Gasteiger partial charge < -0.3 is 0 Å². The van der Waals surface area contributed by atoms with Gasteiger partial charge in [0.15, 0.2) is 0 Å². The normalized spacial score (nSPS) is 32.9. The fraction of sp³-hybridized carbons (Fsp3) is 0.500. The highest BCUT2D eigenvalue weighted by molar-refractivity contribution is 7.86. The number of hydrogen-bond donors (Lipinski definition) is 0. The topological polar surface area (TPSA) is 40.9 Å². The fourth-order valence-corrected chi connectivity index (χ4v) is 5.64. The summed E-state index contributed by atoms with van der Waals surface area (Å²) >= 11 is 0. The Kier molecular flexibility index (Phi) is 3.04. The molecule has 1 saturated heterocycles. The van der Waals surface area contributed by atoms with E-state index in [1.807, 2.05) is 0 Å². The Labute approximate surface area is 128 Å². The van der Waals surface area contributed by atoms with E-state index in [-0.39, 0.29) is 10.7 Å². The molecule has 3 heteroatoms. The molecule has 0 radical (unpaired) electrons. The minimum absolute atomic E-state index is 0.197. The highest BCUT2D eigenvalue weighted by atomic mass is 32.2. The van der Waals surface area contributed by atoms with Gasteiger partial charge >= 0.3 is 0 Å². The molecule has 2 nitrogen and oxygen atoms in total. The molecule has 2 fully saturated rings. The van der Waals surface area contributed by atoms with E-state index in [0.717, 1.165) is 37.7 Å². The third kappa shape index (κ3) is 2.17.